The van der Waals surface area contributed by atoms with Crippen LogP contribution in [0.4, 0.5) is 0 Å². The van der Waals surface area contributed by atoms with E-state index in [-0.39, 0.29) is 11.9 Å². The fourth-order valence-corrected chi connectivity index (χ4v) is 2.87. The first-order valence-electron chi connectivity index (χ1n) is 8.64. The maximum atomic E-state index is 12.3. The zero-order valence-corrected chi connectivity index (χ0v) is 14.8. The molecule has 3 nitrogen and oxygen atoms in total. The molecule has 0 aliphatic rings. The van der Waals surface area contributed by atoms with Crippen molar-refractivity contribution in [2.24, 2.45) is 0 Å². The van der Waals surface area contributed by atoms with E-state index in [4.69, 9.17) is 9.47 Å². The number of ether oxygens (including phenoxy) is 2. The lowest BCUT2D eigenvalue weighted by atomic mass is 9.92. The van der Waals surface area contributed by atoms with Crippen molar-refractivity contribution in [2.75, 3.05) is 7.11 Å². The molecule has 132 valence electrons. The standard InChI is InChI=1S/C23H22O3/c1-25-23(24)22(16-18-8-4-2-5-9-18)20-12-14-21(15-13-20)26-17-19-10-6-3-7-11-19/h2-15,22H,16-17H2,1H3. The molecule has 0 N–H and O–H groups in total. The number of benzene rings is 3. The zero-order valence-electron chi connectivity index (χ0n) is 14.8. The third-order valence-corrected chi connectivity index (χ3v) is 4.30. The van der Waals surface area contributed by atoms with E-state index in [1.54, 1.807) is 0 Å². The molecule has 0 aromatic heterocycles. The second kappa shape index (κ2) is 8.86. The number of hydrogen-bond acceptors (Lipinski definition) is 3. The van der Waals surface area contributed by atoms with Gasteiger partial charge in [-0.05, 0) is 35.2 Å². The molecule has 0 heterocycles. The summed E-state index contributed by atoms with van der Waals surface area (Å²) in [6.45, 7) is 0.518. The average molecular weight is 346 g/mol. The van der Waals surface area contributed by atoms with Gasteiger partial charge in [0.25, 0.3) is 0 Å². The van der Waals surface area contributed by atoms with Crippen LogP contribution in [0.3, 0.4) is 0 Å². The summed E-state index contributed by atoms with van der Waals surface area (Å²) in [6, 6.07) is 27.7. The predicted octanol–water partition coefficient (Wildman–Crippen LogP) is 4.76. The van der Waals surface area contributed by atoms with E-state index in [1.807, 2.05) is 84.9 Å². The molecule has 3 rings (SSSR count). The van der Waals surface area contributed by atoms with Crippen LogP contribution in [0, 0.1) is 0 Å². The van der Waals surface area contributed by atoms with Gasteiger partial charge < -0.3 is 9.47 Å². The molecule has 0 fully saturated rings. The Labute approximate surface area is 154 Å². The molecule has 0 saturated heterocycles. The summed E-state index contributed by atoms with van der Waals surface area (Å²) in [5, 5.41) is 0. The Kier molecular flexibility index (Phi) is 6.05. The monoisotopic (exact) mass is 346 g/mol. The van der Waals surface area contributed by atoms with Crippen molar-refractivity contribution in [3.05, 3.63) is 102 Å². The Morgan fingerprint density at radius 1 is 0.808 bits per heavy atom. The second-order valence-electron chi connectivity index (χ2n) is 6.11. The van der Waals surface area contributed by atoms with Crippen molar-refractivity contribution in [1.29, 1.82) is 0 Å². The van der Waals surface area contributed by atoms with Crippen LogP contribution in [0.25, 0.3) is 0 Å². The van der Waals surface area contributed by atoms with E-state index in [0.29, 0.717) is 13.0 Å². The van der Waals surface area contributed by atoms with Crippen LogP contribution in [-0.4, -0.2) is 13.1 Å². The highest BCUT2D eigenvalue weighted by Gasteiger charge is 2.21. The van der Waals surface area contributed by atoms with Crippen LogP contribution in [0.2, 0.25) is 0 Å². The van der Waals surface area contributed by atoms with Crippen LogP contribution in [0.15, 0.2) is 84.9 Å². The van der Waals surface area contributed by atoms with Gasteiger partial charge in [0.2, 0.25) is 0 Å². The van der Waals surface area contributed by atoms with Crippen molar-refractivity contribution < 1.29 is 14.3 Å². The highest BCUT2D eigenvalue weighted by Crippen LogP contribution is 2.25. The highest BCUT2D eigenvalue weighted by molar-refractivity contribution is 5.78. The molecule has 1 atom stereocenters. The number of rotatable bonds is 7. The smallest absolute Gasteiger partial charge is 0.313 e. The second-order valence-corrected chi connectivity index (χ2v) is 6.11. The maximum absolute atomic E-state index is 12.3. The van der Waals surface area contributed by atoms with Gasteiger partial charge in [-0.1, -0.05) is 72.8 Å². The highest BCUT2D eigenvalue weighted by atomic mass is 16.5. The molecule has 0 spiro atoms. The molecule has 3 aromatic rings. The molecule has 0 saturated carbocycles. The molecule has 0 amide bonds. The van der Waals surface area contributed by atoms with Gasteiger partial charge in [0.15, 0.2) is 0 Å². The van der Waals surface area contributed by atoms with Gasteiger partial charge in [0, 0.05) is 0 Å². The molecule has 26 heavy (non-hydrogen) atoms. The molecule has 0 radical (unpaired) electrons. The Morgan fingerprint density at radius 2 is 1.38 bits per heavy atom. The largest absolute Gasteiger partial charge is 0.489 e. The minimum absolute atomic E-state index is 0.230. The number of esters is 1. The van der Waals surface area contributed by atoms with Crippen LogP contribution >= 0.6 is 0 Å². The molecule has 1 unspecified atom stereocenters. The Balaban J connectivity index is 1.70. The summed E-state index contributed by atoms with van der Waals surface area (Å²) < 4.78 is 10.8. The van der Waals surface area contributed by atoms with Crippen molar-refractivity contribution >= 4 is 5.97 Å². The van der Waals surface area contributed by atoms with E-state index in [1.165, 1.54) is 7.11 Å². The average Bonchev–Trinajstić information content (AvgIpc) is 2.72. The number of carbonyl (C=O) groups excluding carboxylic acids is 1. The molecule has 3 aromatic carbocycles. The zero-order chi connectivity index (χ0) is 18.2. The lowest BCUT2D eigenvalue weighted by Gasteiger charge is -2.16. The lowest BCUT2D eigenvalue weighted by Crippen LogP contribution is -2.16. The summed E-state index contributed by atoms with van der Waals surface area (Å²) in [5.74, 6) is 0.221. The van der Waals surface area contributed by atoms with Gasteiger partial charge in [0.1, 0.15) is 12.4 Å². The Bertz CT molecular complexity index is 811. The summed E-state index contributed by atoms with van der Waals surface area (Å²) in [6.07, 6.45) is 0.609. The minimum Gasteiger partial charge on any atom is -0.489 e. The topological polar surface area (TPSA) is 35.5 Å². The van der Waals surface area contributed by atoms with Gasteiger partial charge in [-0.15, -0.1) is 0 Å². The fourth-order valence-electron chi connectivity index (χ4n) is 2.87. The summed E-state index contributed by atoms with van der Waals surface area (Å²) in [5.41, 5.74) is 3.15. The van der Waals surface area contributed by atoms with Gasteiger partial charge >= 0.3 is 5.97 Å². The van der Waals surface area contributed by atoms with Gasteiger partial charge in [-0.25, -0.2) is 0 Å². The first-order valence-corrected chi connectivity index (χ1v) is 8.64. The summed E-state index contributed by atoms with van der Waals surface area (Å²) in [4.78, 5) is 12.3. The first-order chi connectivity index (χ1) is 12.8. The molecular weight excluding hydrogens is 324 g/mol. The normalized spacial score (nSPS) is 11.6. The SMILES string of the molecule is COC(=O)C(Cc1ccccc1)c1ccc(OCc2ccccc2)cc1. The van der Waals surface area contributed by atoms with E-state index in [9.17, 15) is 4.79 Å². The third-order valence-electron chi connectivity index (χ3n) is 4.30. The van der Waals surface area contributed by atoms with E-state index in [0.717, 1.165) is 22.4 Å². The van der Waals surface area contributed by atoms with Gasteiger partial charge in [0.05, 0.1) is 13.0 Å². The number of hydrogen-bond donors (Lipinski definition) is 0. The Morgan fingerprint density at radius 3 is 1.96 bits per heavy atom. The van der Waals surface area contributed by atoms with Crippen LogP contribution in [0.5, 0.6) is 5.75 Å². The van der Waals surface area contributed by atoms with E-state index in [2.05, 4.69) is 0 Å². The van der Waals surface area contributed by atoms with Crippen molar-refractivity contribution in [3.8, 4) is 5.75 Å². The first kappa shape index (κ1) is 17.7. The molecule has 0 aliphatic heterocycles. The summed E-state index contributed by atoms with van der Waals surface area (Å²) in [7, 11) is 1.43. The Hall–Kier alpha value is -3.07. The van der Waals surface area contributed by atoms with Gasteiger partial charge in [-0.2, -0.15) is 0 Å². The van der Waals surface area contributed by atoms with Crippen molar-refractivity contribution in [2.45, 2.75) is 18.9 Å². The van der Waals surface area contributed by atoms with Crippen molar-refractivity contribution in [3.63, 3.8) is 0 Å². The molecular formula is C23H22O3. The molecule has 0 aliphatic carbocycles. The van der Waals surface area contributed by atoms with Crippen LogP contribution in [0.1, 0.15) is 22.6 Å². The third kappa shape index (κ3) is 4.73. The predicted molar refractivity (Wildman–Crippen MR) is 102 cm³/mol. The quantitative estimate of drug-likeness (QED) is 0.578. The van der Waals surface area contributed by atoms with E-state index < -0.39 is 0 Å². The van der Waals surface area contributed by atoms with Crippen LogP contribution in [-0.2, 0) is 22.6 Å². The number of methoxy groups -OCH3 is 1. The molecule has 3 heteroatoms. The summed E-state index contributed by atoms with van der Waals surface area (Å²) >= 11 is 0. The maximum Gasteiger partial charge on any atom is 0.313 e. The van der Waals surface area contributed by atoms with Crippen LogP contribution < -0.4 is 4.74 Å². The van der Waals surface area contributed by atoms with Gasteiger partial charge in [-0.3, -0.25) is 4.79 Å². The number of carbonyl (C=O) groups is 1. The lowest BCUT2D eigenvalue weighted by molar-refractivity contribution is -0.142. The fraction of sp³-hybridized carbons (Fsp3) is 0.174. The van der Waals surface area contributed by atoms with E-state index >= 15 is 0 Å². The molecule has 0 bridgehead atoms. The minimum atomic E-state index is -0.328. The van der Waals surface area contributed by atoms with Crippen molar-refractivity contribution in [1.82, 2.24) is 0 Å².